The molecule has 80 heavy (non-hydrogen) atoms. The van der Waals surface area contributed by atoms with E-state index in [1.165, 1.54) is 58.5 Å². The van der Waals surface area contributed by atoms with Gasteiger partial charge < -0.3 is 9.68 Å². The number of ketones is 1. The molecular formula is C53H52F6N16O3S2. The van der Waals surface area contributed by atoms with Gasteiger partial charge in [0.1, 0.15) is 36.7 Å². The zero-order chi connectivity index (χ0) is 55.3. The molecule has 0 amide bonds. The third-order valence-electron chi connectivity index (χ3n) is 15.4. The van der Waals surface area contributed by atoms with Gasteiger partial charge in [-0.05, 0) is 113 Å². The molecule has 4 atom stereocenters. The van der Waals surface area contributed by atoms with Gasteiger partial charge in [0, 0.05) is 46.8 Å². The molecule has 2 saturated heterocycles. The first-order chi connectivity index (χ1) is 38.6. The molecular weight excluding hydrogens is 1090 g/mol. The van der Waals surface area contributed by atoms with Gasteiger partial charge in [0.2, 0.25) is 0 Å². The van der Waals surface area contributed by atoms with E-state index >= 15 is 4.79 Å². The number of thiazole rings is 2. The van der Waals surface area contributed by atoms with E-state index in [9.17, 15) is 26.3 Å². The van der Waals surface area contributed by atoms with Crippen molar-refractivity contribution in [1.29, 1.82) is 0 Å². The number of oxime groups is 2. The van der Waals surface area contributed by atoms with Gasteiger partial charge in [-0.25, -0.2) is 29.3 Å². The van der Waals surface area contributed by atoms with Crippen LogP contribution in [-0.2, 0) is 39.9 Å². The highest BCUT2D eigenvalue weighted by atomic mass is 32.1. The predicted molar refractivity (Wildman–Crippen MR) is 281 cm³/mol. The molecule has 0 spiro atoms. The number of carbonyl (C=O) groups is 1. The summed E-state index contributed by atoms with van der Waals surface area (Å²) in [4.78, 5) is 49.5. The number of aryl methyl sites for hydroxylation is 2. The third kappa shape index (κ3) is 11.2. The molecule has 10 heterocycles. The van der Waals surface area contributed by atoms with Crippen molar-refractivity contribution in [3.05, 3.63) is 152 Å². The molecule has 0 radical (unpaired) electrons. The standard InChI is InChI=1S/C53H52F6N16O3S2/c1-31-17-47(52(54,55)56)66-72(31)23-43(70-13-9-33(10-14-70)50-64-41(25-79-50)39-21-45(77-68-39)35-5-3-7-37(19-35)74-29-60-27-62-74)49(76)44(24-73-32(2)18-48(67-73)53(57,58)59)71-15-11-34(12-16-71)51-65-42(26-80-51)40-22-46(78-69-40)36-6-4-8-38(20-36)75-30-61-28-63-75/h3-8,17-20,25-30,33-34,43-46H,9-16,21-24H2,1-2H3. The highest BCUT2D eigenvalue weighted by molar-refractivity contribution is 7.10. The van der Waals surface area contributed by atoms with E-state index in [1.54, 1.807) is 22.0 Å². The van der Waals surface area contributed by atoms with E-state index < -0.39 is 35.8 Å². The molecule has 416 valence electrons. The van der Waals surface area contributed by atoms with Gasteiger partial charge in [0.25, 0.3) is 0 Å². The van der Waals surface area contributed by atoms with Crippen molar-refractivity contribution in [2.75, 3.05) is 26.2 Å². The largest absolute Gasteiger partial charge is 0.435 e. The maximum Gasteiger partial charge on any atom is 0.435 e. The highest BCUT2D eigenvalue weighted by Crippen LogP contribution is 2.39. The lowest BCUT2D eigenvalue weighted by Crippen LogP contribution is -2.57. The molecule has 2 aromatic carbocycles. The second kappa shape index (κ2) is 21.9. The summed E-state index contributed by atoms with van der Waals surface area (Å²) in [5.41, 5.74) is 4.64. The molecule has 4 aliphatic rings. The van der Waals surface area contributed by atoms with Crippen molar-refractivity contribution in [2.45, 2.75) is 114 Å². The fourth-order valence-electron chi connectivity index (χ4n) is 11.0. The van der Waals surface area contributed by atoms with Gasteiger partial charge >= 0.3 is 12.4 Å². The minimum absolute atomic E-state index is 0.00803. The maximum absolute atomic E-state index is 15.6. The summed E-state index contributed by atoms with van der Waals surface area (Å²) < 4.78 is 90.4. The quantitative estimate of drug-likeness (QED) is 0.0833. The molecule has 2 fully saturated rings. The lowest BCUT2D eigenvalue weighted by atomic mass is 9.91. The Kier molecular flexibility index (Phi) is 14.5. The van der Waals surface area contributed by atoms with Gasteiger partial charge in [0.05, 0.1) is 58.0 Å². The van der Waals surface area contributed by atoms with Crippen molar-refractivity contribution in [2.24, 2.45) is 10.3 Å². The average Bonchev–Trinajstić information content (AvgIpc) is 4.43. The number of aromatic nitrogens is 12. The van der Waals surface area contributed by atoms with Crippen LogP contribution in [0.15, 0.2) is 107 Å². The zero-order valence-corrected chi connectivity index (χ0v) is 44.8. The van der Waals surface area contributed by atoms with Crippen LogP contribution in [0.3, 0.4) is 0 Å². The second-order valence-corrected chi connectivity index (χ2v) is 22.2. The normalized spacial score (nSPS) is 19.7. The van der Waals surface area contributed by atoms with Gasteiger partial charge in [-0.3, -0.25) is 24.0 Å². The van der Waals surface area contributed by atoms with Crippen molar-refractivity contribution >= 4 is 39.9 Å². The number of hydrogen-bond acceptors (Lipinski definition) is 17. The fraction of sp³-hybridized carbons (Fsp3) is 0.415. The van der Waals surface area contributed by atoms with E-state index in [2.05, 4.69) is 40.7 Å². The van der Waals surface area contributed by atoms with Crippen LogP contribution >= 0.6 is 22.7 Å². The first kappa shape index (κ1) is 53.2. The first-order valence-corrected chi connectivity index (χ1v) is 27.9. The number of halogens is 6. The van der Waals surface area contributed by atoms with E-state index in [1.807, 2.05) is 69.1 Å². The smallest absolute Gasteiger partial charge is 0.387 e. The van der Waals surface area contributed by atoms with Crippen LogP contribution in [0, 0.1) is 13.8 Å². The zero-order valence-electron chi connectivity index (χ0n) is 43.2. The lowest BCUT2D eigenvalue weighted by molar-refractivity contribution is -0.142. The minimum Gasteiger partial charge on any atom is -0.387 e. The van der Waals surface area contributed by atoms with Crippen molar-refractivity contribution in [3.63, 3.8) is 0 Å². The molecule has 0 aliphatic carbocycles. The Morgan fingerprint density at radius 1 is 0.625 bits per heavy atom. The van der Waals surface area contributed by atoms with Crippen LogP contribution in [0.5, 0.6) is 0 Å². The summed E-state index contributed by atoms with van der Waals surface area (Å²) in [6.07, 6.45) is -0.585. The summed E-state index contributed by atoms with van der Waals surface area (Å²) in [6, 6.07) is 15.5. The van der Waals surface area contributed by atoms with Crippen molar-refractivity contribution in [1.82, 2.24) is 68.9 Å². The van der Waals surface area contributed by atoms with E-state index in [4.69, 9.17) is 19.6 Å². The number of benzene rings is 2. The van der Waals surface area contributed by atoms with E-state index in [0.29, 0.717) is 87.5 Å². The average molecular weight is 1140 g/mol. The van der Waals surface area contributed by atoms with Gasteiger partial charge in [-0.2, -0.15) is 46.7 Å². The molecule has 0 N–H and O–H groups in total. The van der Waals surface area contributed by atoms with Crippen LogP contribution < -0.4 is 0 Å². The Hall–Kier alpha value is -7.49. The third-order valence-corrected chi connectivity index (χ3v) is 17.4. The molecule has 27 heteroatoms. The van der Waals surface area contributed by atoms with Crippen LogP contribution in [0.2, 0.25) is 0 Å². The molecule has 4 aliphatic heterocycles. The molecule has 6 aromatic heterocycles. The van der Waals surface area contributed by atoms with Crippen LogP contribution in [-0.4, -0.2) is 124 Å². The molecule has 4 unspecified atom stereocenters. The van der Waals surface area contributed by atoms with E-state index in [-0.39, 0.29) is 54.3 Å². The lowest BCUT2D eigenvalue weighted by Gasteiger charge is -2.41. The van der Waals surface area contributed by atoms with Gasteiger partial charge in [-0.1, -0.05) is 34.6 Å². The van der Waals surface area contributed by atoms with Crippen LogP contribution in [0.4, 0.5) is 26.3 Å². The number of nitrogens with zero attached hydrogens (tertiary/aromatic N) is 16. The van der Waals surface area contributed by atoms with E-state index in [0.717, 1.165) is 44.6 Å². The maximum atomic E-state index is 15.6. The minimum atomic E-state index is -4.73. The molecule has 0 saturated carbocycles. The summed E-state index contributed by atoms with van der Waals surface area (Å²) in [7, 11) is 0. The Morgan fingerprint density at radius 3 is 1.43 bits per heavy atom. The molecule has 0 bridgehead atoms. The van der Waals surface area contributed by atoms with Crippen LogP contribution in [0.1, 0.15) is 118 Å². The number of likely N-dealkylation sites (tertiary alicyclic amines) is 2. The second-order valence-electron chi connectivity index (χ2n) is 20.4. The number of Topliss-reactive ketones (excluding diaryl/α,β-unsaturated/α-hetero) is 1. The summed E-state index contributed by atoms with van der Waals surface area (Å²) >= 11 is 3.03. The summed E-state index contributed by atoms with van der Waals surface area (Å²) in [6.45, 7) is 4.17. The number of rotatable bonds is 16. The Balaban J connectivity index is 0.754. The Morgan fingerprint density at radius 2 is 1.05 bits per heavy atom. The Bertz CT molecular complexity index is 3310. The Labute approximate surface area is 461 Å². The topological polar surface area (TPSA) is 190 Å². The van der Waals surface area contributed by atoms with Crippen molar-refractivity contribution in [3.8, 4) is 11.4 Å². The summed E-state index contributed by atoms with van der Waals surface area (Å²) in [5, 5.41) is 30.9. The molecule has 12 rings (SSSR count). The van der Waals surface area contributed by atoms with Crippen molar-refractivity contribution < 1.29 is 40.8 Å². The highest BCUT2D eigenvalue weighted by Gasteiger charge is 2.42. The predicted octanol–water partition coefficient (Wildman–Crippen LogP) is 9.31. The van der Waals surface area contributed by atoms with Crippen LogP contribution in [0.25, 0.3) is 11.4 Å². The number of carbonyl (C=O) groups excluding carboxylic acids is 1. The molecule has 8 aromatic rings. The van der Waals surface area contributed by atoms with Gasteiger partial charge in [-0.15, -0.1) is 22.7 Å². The number of hydrogen-bond donors (Lipinski definition) is 0. The number of piperidine rings is 2. The first-order valence-electron chi connectivity index (χ1n) is 26.1. The van der Waals surface area contributed by atoms with Gasteiger partial charge in [0.15, 0.2) is 29.4 Å². The number of alkyl halides is 6. The monoisotopic (exact) mass is 1140 g/mol. The molecule has 19 nitrogen and oxygen atoms in total. The SMILES string of the molecule is Cc1cc(C(F)(F)F)nn1CC(C(=O)C(Cn1nc(C(F)(F)F)cc1C)N1CCC(c2nc(C3=NOC(c4cccc(-n5cncn5)c4)C3)cs2)CC1)N1CCC(c2nc(C3=NOC(c4cccc(-n5cncn5)c4)C3)cs2)CC1. The fourth-order valence-corrected chi connectivity index (χ4v) is 13.0. The summed E-state index contributed by atoms with van der Waals surface area (Å²) in [5.74, 6) is -0.328.